The molecule has 2 N–H and O–H groups in total. The van der Waals surface area contributed by atoms with Gasteiger partial charge in [-0.05, 0) is 69.6 Å². The smallest absolute Gasteiger partial charge is 0.333 e. The predicted molar refractivity (Wildman–Crippen MR) is 101 cm³/mol. The number of fused-ring (bicyclic) bond motifs is 6. The van der Waals surface area contributed by atoms with Gasteiger partial charge in [0.2, 0.25) is 0 Å². The Bertz CT molecular complexity index is 874. The molecule has 5 aliphatic rings. The van der Waals surface area contributed by atoms with Crippen molar-refractivity contribution in [3.05, 3.63) is 35.3 Å². The number of aliphatic carboxylic acids is 1. The normalized spacial score (nSPS) is 32.4. The van der Waals surface area contributed by atoms with E-state index in [2.05, 4.69) is 17.5 Å². The lowest BCUT2D eigenvalue weighted by atomic mass is 9.87. The van der Waals surface area contributed by atoms with Gasteiger partial charge in [-0.1, -0.05) is 0 Å². The summed E-state index contributed by atoms with van der Waals surface area (Å²) in [6.45, 7) is 0. The Morgan fingerprint density at radius 2 is 1.81 bits per heavy atom. The highest BCUT2D eigenvalue weighted by molar-refractivity contribution is 6.03. The Hall–Kier alpha value is -2.50. The molecule has 1 saturated heterocycles. The van der Waals surface area contributed by atoms with Gasteiger partial charge in [0.15, 0.2) is 5.54 Å². The summed E-state index contributed by atoms with van der Waals surface area (Å²) >= 11 is 0. The molecular weight excluding hydrogens is 328 g/mol. The fourth-order valence-electron chi connectivity index (χ4n) is 4.57. The number of hydrogen-bond acceptors (Lipinski definition) is 5. The second-order valence-electron chi connectivity index (χ2n) is 7.71. The zero-order valence-corrected chi connectivity index (χ0v) is 14.7. The maximum atomic E-state index is 12.1. The number of carboxylic acid groups (broad SMARTS) is 1. The standard InChI is InChI=1S/C20H22N4O2/c25-19(26)20-8-7-17(24-20)11-15-4-3-13(22-15)9-12-1-2-14(21-12)10-16-5-6-18(20)23-16/h9-11,18,22H,1-8H2,(H,25,26). The molecule has 6 heteroatoms. The first-order chi connectivity index (χ1) is 12.6. The lowest BCUT2D eigenvalue weighted by molar-refractivity contribution is -0.143. The minimum absolute atomic E-state index is 0.275. The SMILES string of the molecule is O=C(O)C12CCC(=N1)C=C1CCC(=CC3=NC(=CC4=NC2CC4)CC3)N1. The topological polar surface area (TPSA) is 86.4 Å². The van der Waals surface area contributed by atoms with Crippen molar-refractivity contribution in [1.82, 2.24) is 5.32 Å². The molecule has 0 aromatic carbocycles. The van der Waals surface area contributed by atoms with Crippen molar-refractivity contribution < 1.29 is 9.90 Å². The zero-order valence-electron chi connectivity index (χ0n) is 14.7. The van der Waals surface area contributed by atoms with E-state index in [0.29, 0.717) is 12.8 Å². The van der Waals surface area contributed by atoms with Crippen molar-refractivity contribution in [2.75, 3.05) is 0 Å². The van der Waals surface area contributed by atoms with Crippen LogP contribution in [0.4, 0.5) is 0 Å². The first-order valence-electron chi connectivity index (χ1n) is 9.46. The second kappa shape index (κ2) is 5.76. The average Bonchev–Trinajstić information content (AvgIpc) is 3.36. The van der Waals surface area contributed by atoms with Crippen LogP contribution in [0.25, 0.3) is 0 Å². The highest BCUT2D eigenvalue weighted by atomic mass is 16.4. The van der Waals surface area contributed by atoms with Gasteiger partial charge in [0.25, 0.3) is 0 Å². The third-order valence-corrected chi connectivity index (χ3v) is 5.95. The largest absolute Gasteiger partial charge is 0.479 e. The number of aliphatic imine (C=N–C) groups is 3. The molecule has 2 atom stereocenters. The van der Waals surface area contributed by atoms with Crippen LogP contribution in [0.15, 0.2) is 50.3 Å². The van der Waals surface area contributed by atoms with Crippen LogP contribution >= 0.6 is 0 Å². The van der Waals surface area contributed by atoms with Crippen LogP contribution in [0.1, 0.15) is 51.4 Å². The third-order valence-electron chi connectivity index (χ3n) is 5.95. The van der Waals surface area contributed by atoms with Gasteiger partial charge in [-0.2, -0.15) is 0 Å². The second-order valence-corrected chi connectivity index (χ2v) is 7.71. The van der Waals surface area contributed by atoms with Crippen LogP contribution in [0, 0.1) is 0 Å². The highest BCUT2D eigenvalue weighted by Crippen LogP contribution is 2.38. The number of hydrogen-bond donors (Lipinski definition) is 2. The molecule has 0 aromatic rings. The number of carbonyl (C=O) groups is 1. The fraction of sp³-hybridized carbons (Fsp3) is 0.500. The van der Waals surface area contributed by atoms with Crippen LogP contribution < -0.4 is 5.32 Å². The van der Waals surface area contributed by atoms with Crippen molar-refractivity contribution in [2.45, 2.75) is 62.9 Å². The van der Waals surface area contributed by atoms with E-state index in [4.69, 9.17) is 15.0 Å². The maximum absolute atomic E-state index is 12.1. The molecule has 2 unspecified atom stereocenters. The Labute approximate surface area is 152 Å². The van der Waals surface area contributed by atoms with Crippen molar-refractivity contribution in [2.24, 2.45) is 15.0 Å². The molecule has 5 rings (SSSR count). The van der Waals surface area contributed by atoms with E-state index in [0.717, 1.165) is 67.1 Å². The molecule has 6 nitrogen and oxygen atoms in total. The van der Waals surface area contributed by atoms with E-state index >= 15 is 0 Å². The van der Waals surface area contributed by atoms with Gasteiger partial charge < -0.3 is 10.4 Å². The lowest BCUT2D eigenvalue weighted by Gasteiger charge is -2.25. The van der Waals surface area contributed by atoms with Crippen LogP contribution in [-0.2, 0) is 4.79 Å². The van der Waals surface area contributed by atoms with Gasteiger partial charge in [0.1, 0.15) is 0 Å². The van der Waals surface area contributed by atoms with E-state index in [9.17, 15) is 9.90 Å². The molecule has 0 radical (unpaired) electrons. The molecule has 0 amide bonds. The molecular formula is C20H22N4O2. The number of nitrogens with zero attached hydrogens (tertiary/aromatic N) is 3. The highest BCUT2D eigenvalue weighted by Gasteiger charge is 2.50. The van der Waals surface area contributed by atoms with Gasteiger partial charge in [-0.25, -0.2) is 4.79 Å². The van der Waals surface area contributed by atoms with Crippen LogP contribution in [0.3, 0.4) is 0 Å². The summed E-state index contributed by atoms with van der Waals surface area (Å²) < 4.78 is 0. The van der Waals surface area contributed by atoms with Gasteiger partial charge in [0.05, 0.1) is 6.04 Å². The Kier molecular flexibility index (Phi) is 3.48. The summed E-state index contributed by atoms with van der Waals surface area (Å²) in [5.74, 6) is -0.848. The van der Waals surface area contributed by atoms with E-state index in [1.807, 2.05) is 6.08 Å². The van der Waals surface area contributed by atoms with Crippen molar-refractivity contribution in [3.63, 3.8) is 0 Å². The lowest BCUT2D eigenvalue weighted by Crippen LogP contribution is -2.44. The summed E-state index contributed by atoms with van der Waals surface area (Å²) in [4.78, 5) is 26.4. The molecule has 0 aliphatic carbocycles. The van der Waals surface area contributed by atoms with Gasteiger partial charge in [-0.15, -0.1) is 0 Å². The molecule has 8 bridgehead atoms. The van der Waals surface area contributed by atoms with E-state index < -0.39 is 11.5 Å². The maximum Gasteiger partial charge on any atom is 0.333 e. The first-order valence-corrected chi connectivity index (χ1v) is 9.46. The van der Waals surface area contributed by atoms with Gasteiger partial charge in [0, 0.05) is 34.2 Å². The first kappa shape index (κ1) is 15.7. The number of carboxylic acids is 1. The van der Waals surface area contributed by atoms with Crippen molar-refractivity contribution in [1.29, 1.82) is 0 Å². The summed E-state index contributed by atoms with van der Waals surface area (Å²) in [7, 11) is 0. The van der Waals surface area contributed by atoms with Crippen LogP contribution in [0.2, 0.25) is 0 Å². The van der Waals surface area contributed by atoms with Gasteiger partial charge >= 0.3 is 5.97 Å². The Morgan fingerprint density at radius 3 is 2.62 bits per heavy atom. The quantitative estimate of drug-likeness (QED) is 0.762. The molecule has 0 spiro atoms. The third kappa shape index (κ3) is 2.55. The summed E-state index contributed by atoms with van der Waals surface area (Å²) in [5, 5.41) is 13.4. The van der Waals surface area contributed by atoms with Crippen molar-refractivity contribution in [3.8, 4) is 0 Å². The summed E-state index contributed by atoms with van der Waals surface area (Å²) in [6, 6.07) is -0.275. The van der Waals surface area contributed by atoms with E-state index in [1.165, 1.54) is 5.70 Å². The minimum Gasteiger partial charge on any atom is -0.479 e. The van der Waals surface area contributed by atoms with Gasteiger partial charge in [-0.3, -0.25) is 15.0 Å². The van der Waals surface area contributed by atoms with E-state index in [-0.39, 0.29) is 6.04 Å². The van der Waals surface area contributed by atoms with E-state index in [1.54, 1.807) is 0 Å². The Balaban J connectivity index is 1.62. The summed E-state index contributed by atoms with van der Waals surface area (Å²) in [5.41, 5.74) is 5.23. The predicted octanol–water partition coefficient (Wildman–Crippen LogP) is 2.93. The number of rotatable bonds is 1. The molecule has 26 heavy (non-hydrogen) atoms. The molecule has 5 aliphatic heterocycles. The number of nitrogens with one attached hydrogen (secondary N) is 1. The molecule has 0 saturated carbocycles. The van der Waals surface area contributed by atoms with Crippen LogP contribution in [-0.4, -0.2) is 39.8 Å². The summed E-state index contributed by atoms with van der Waals surface area (Å²) in [6.07, 6.45) is 12.9. The fourth-order valence-corrected chi connectivity index (χ4v) is 4.57. The zero-order chi connectivity index (χ0) is 17.7. The molecule has 134 valence electrons. The number of allylic oxidation sites excluding steroid dienone is 6. The minimum atomic E-state index is -1.10. The Morgan fingerprint density at radius 1 is 1.00 bits per heavy atom. The van der Waals surface area contributed by atoms with Crippen LogP contribution in [0.5, 0.6) is 0 Å². The molecule has 0 aromatic heterocycles. The molecule has 1 fully saturated rings. The average molecular weight is 350 g/mol. The molecule has 5 heterocycles. The monoisotopic (exact) mass is 350 g/mol. The van der Waals surface area contributed by atoms with Crippen molar-refractivity contribution >= 4 is 23.1 Å².